The Balaban J connectivity index is 1.71. The van der Waals surface area contributed by atoms with Crippen molar-refractivity contribution in [3.63, 3.8) is 0 Å². The molecule has 1 N–H and O–H groups in total. The van der Waals surface area contributed by atoms with Crippen molar-refractivity contribution in [3.05, 3.63) is 65.0 Å². The van der Waals surface area contributed by atoms with Gasteiger partial charge in [-0.15, -0.1) is 0 Å². The second-order valence-corrected chi connectivity index (χ2v) is 9.47. The van der Waals surface area contributed by atoms with Crippen LogP contribution in [0, 0.1) is 19.3 Å². The Hall–Kier alpha value is -2.75. The van der Waals surface area contributed by atoms with Gasteiger partial charge in [0.1, 0.15) is 0 Å². The van der Waals surface area contributed by atoms with Crippen molar-refractivity contribution in [2.75, 3.05) is 5.32 Å². The number of fused-ring (bicyclic) bond motifs is 6. The second-order valence-electron chi connectivity index (χ2n) is 9.47. The Morgan fingerprint density at radius 1 is 0.897 bits per heavy atom. The summed E-state index contributed by atoms with van der Waals surface area (Å²) in [6, 6.07) is 14.0. The molecule has 5 rings (SSSR count). The number of nitrogens with one attached hydrogen (secondary N) is 1. The number of nitrogens with zero attached hydrogens (tertiary/aromatic N) is 2. The molecule has 2 aromatic carbocycles. The number of anilines is 1. The van der Waals surface area contributed by atoms with Gasteiger partial charge in [-0.25, -0.2) is 9.97 Å². The third kappa shape index (κ3) is 2.07. The van der Waals surface area contributed by atoms with Gasteiger partial charge in [0.05, 0.1) is 27.8 Å². The Morgan fingerprint density at radius 3 is 2.24 bits per heavy atom. The number of rotatable bonds is 2. The van der Waals surface area contributed by atoms with E-state index in [2.05, 4.69) is 46.0 Å². The van der Waals surface area contributed by atoms with Crippen molar-refractivity contribution in [2.45, 2.75) is 58.3 Å². The molecule has 2 atom stereocenters. The first-order chi connectivity index (χ1) is 13.7. The van der Waals surface area contributed by atoms with E-state index in [-0.39, 0.29) is 16.7 Å². The van der Waals surface area contributed by atoms with E-state index in [4.69, 9.17) is 9.97 Å². The molecule has 3 aromatic rings. The number of hydrogen-bond donors (Lipinski definition) is 1. The monoisotopic (exact) mass is 385 g/mol. The van der Waals surface area contributed by atoms with Gasteiger partial charge in [-0.2, -0.15) is 0 Å². The van der Waals surface area contributed by atoms with E-state index in [1.807, 2.05) is 36.4 Å². The lowest BCUT2D eigenvalue weighted by atomic mass is 9.63. The number of aryl methyl sites for hydroxylation is 1. The van der Waals surface area contributed by atoms with E-state index in [0.717, 1.165) is 46.5 Å². The molecule has 2 aliphatic rings. The summed E-state index contributed by atoms with van der Waals surface area (Å²) in [6.07, 6.45) is 1.74. The SMILES string of the molecule is Cc1cccc(NC(=O)C23CCC(C)(c4nc5ccccc5nc42)C3(C)C)c1C. The van der Waals surface area contributed by atoms with E-state index < -0.39 is 5.41 Å². The van der Waals surface area contributed by atoms with Crippen LogP contribution in [-0.4, -0.2) is 15.9 Å². The average Bonchev–Trinajstić information content (AvgIpc) is 2.99. The Kier molecular flexibility index (Phi) is 3.57. The van der Waals surface area contributed by atoms with Crippen LogP contribution >= 0.6 is 0 Å². The first kappa shape index (κ1) is 18.3. The van der Waals surface area contributed by atoms with Gasteiger partial charge < -0.3 is 5.32 Å². The fourth-order valence-corrected chi connectivity index (χ4v) is 5.67. The summed E-state index contributed by atoms with van der Waals surface area (Å²) in [5.41, 5.74) is 5.69. The van der Waals surface area contributed by atoms with E-state index in [1.165, 1.54) is 5.56 Å². The highest BCUT2D eigenvalue weighted by Crippen LogP contribution is 2.70. The molecule has 1 aromatic heterocycles. The highest BCUT2D eigenvalue weighted by atomic mass is 16.2. The summed E-state index contributed by atoms with van der Waals surface area (Å²) in [5, 5.41) is 3.27. The lowest BCUT2D eigenvalue weighted by Crippen LogP contribution is -2.48. The quantitative estimate of drug-likeness (QED) is 0.658. The van der Waals surface area contributed by atoms with Gasteiger partial charge in [0, 0.05) is 11.1 Å². The van der Waals surface area contributed by atoms with Gasteiger partial charge in [-0.05, 0) is 61.4 Å². The zero-order valence-electron chi connectivity index (χ0n) is 17.8. The van der Waals surface area contributed by atoms with Crippen LogP contribution in [-0.2, 0) is 15.6 Å². The smallest absolute Gasteiger partial charge is 0.237 e. The molecule has 1 amide bonds. The Labute approximate surface area is 171 Å². The predicted molar refractivity (Wildman–Crippen MR) is 116 cm³/mol. The largest absolute Gasteiger partial charge is 0.325 e. The maximum absolute atomic E-state index is 13.9. The third-order valence-electron chi connectivity index (χ3n) is 8.18. The van der Waals surface area contributed by atoms with Crippen molar-refractivity contribution < 1.29 is 4.79 Å². The first-order valence-corrected chi connectivity index (χ1v) is 10.4. The molecule has 2 aliphatic carbocycles. The van der Waals surface area contributed by atoms with Crippen LogP contribution in [0.3, 0.4) is 0 Å². The topological polar surface area (TPSA) is 54.9 Å². The van der Waals surface area contributed by atoms with Crippen LogP contribution in [0.4, 0.5) is 5.69 Å². The van der Waals surface area contributed by atoms with Gasteiger partial charge in [0.15, 0.2) is 0 Å². The van der Waals surface area contributed by atoms with E-state index in [1.54, 1.807) is 0 Å². The molecule has 0 aliphatic heterocycles. The fourth-order valence-electron chi connectivity index (χ4n) is 5.67. The zero-order valence-corrected chi connectivity index (χ0v) is 17.8. The molecular formula is C25H27N3O. The van der Waals surface area contributed by atoms with E-state index in [9.17, 15) is 4.79 Å². The molecule has 148 valence electrons. The number of para-hydroxylation sites is 2. The lowest BCUT2D eigenvalue weighted by molar-refractivity contribution is -0.125. The van der Waals surface area contributed by atoms with Crippen LogP contribution in [0.25, 0.3) is 11.0 Å². The third-order valence-corrected chi connectivity index (χ3v) is 8.18. The molecular weight excluding hydrogens is 358 g/mol. The van der Waals surface area contributed by atoms with Crippen LogP contribution in [0.1, 0.15) is 56.1 Å². The zero-order chi connectivity index (χ0) is 20.6. The molecule has 4 nitrogen and oxygen atoms in total. The van der Waals surface area contributed by atoms with E-state index in [0.29, 0.717) is 0 Å². The fraction of sp³-hybridized carbons (Fsp3) is 0.400. The summed E-state index contributed by atoms with van der Waals surface area (Å²) in [4.78, 5) is 24.0. The molecule has 2 bridgehead atoms. The standard InChI is InChI=1S/C25H27N3O/c1-15-9-8-12-17(16(15)2)28-22(29)25-14-13-24(5,23(25,3)4)20-21(25)27-19-11-7-6-10-18(19)26-20/h6-12H,13-14H2,1-5H3,(H,28,29). The molecule has 4 heteroatoms. The molecule has 1 saturated carbocycles. The minimum absolute atomic E-state index is 0.0447. The molecule has 1 heterocycles. The average molecular weight is 386 g/mol. The maximum Gasteiger partial charge on any atom is 0.237 e. The predicted octanol–water partition coefficient (Wildman–Crippen LogP) is 5.21. The lowest BCUT2D eigenvalue weighted by Gasteiger charge is -2.39. The number of carbonyl (C=O) groups is 1. The summed E-state index contributed by atoms with van der Waals surface area (Å²) >= 11 is 0. The van der Waals surface area contributed by atoms with Crippen molar-refractivity contribution in [3.8, 4) is 0 Å². The summed E-state index contributed by atoms with van der Waals surface area (Å²) in [7, 11) is 0. The summed E-state index contributed by atoms with van der Waals surface area (Å²) in [6.45, 7) is 10.8. The van der Waals surface area contributed by atoms with Gasteiger partial charge in [0.25, 0.3) is 0 Å². The number of aromatic nitrogens is 2. The van der Waals surface area contributed by atoms with Crippen molar-refractivity contribution >= 4 is 22.6 Å². The number of carbonyl (C=O) groups excluding carboxylic acids is 1. The maximum atomic E-state index is 13.9. The van der Waals surface area contributed by atoms with Crippen molar-refractivity contribution in [1.29, 1.82) is 0 Å². The summed E-state index contributed by atoms with van der Waals surface area (Å²) in [5.74, 6) is 0.0447. The normalized spacial score (nSPS) is 26.5. The van der Waals surface area contributed by atoms with Crippen molar-refractivity contribution in [1.82, 2.24) is 9.97 Å². The summed E-state index contributed by atoms with van der Waals surface area (Å²) < 4.78 is 0. The number of amides is 1. The van der Waals surface area contributed by atoms with Crippen LogP contribution in [0.2, 0.25) is 0 Å². The van der Waals surface area contributed by atoms with Crippen LogP contribution < -0.4 is 5.32 Å². The Morgan fingerprint density at radius 2 is 1.55 bits per heavy atom. The van der Waals surface area contributed by atoms with Gasteiger partial charge in [0.2, 0.25) is 5.91 Å². The van der Waals surface area contributed by atoms with Crippen LogP contribution in [0.15, 0.2) is 42.5 Å². The Bertz CT molecular complexity index is 1180. The molecule has 29 heavy (non-hydrogen) atoms. The number of hydrogen-bond acceptors (Lipinski definition) is 3. The molecule has 0 saturated heterocycles. The van der Waals surface area contributed by atoms with Gasteiger partial charge in [-0.3, -0.25) is 4.79 Å². The first-order valence-electron chi connectivity index (χ1n) is 10.4. The highest BCUT2D eigenvalue weighted by molar-refractivity contribution is 6.02. The molecule has 0 radical (unpaired) electrons. The van der Waals surface area contributed by atoms with Gasteiger partial charge in [-0.1, -0.05) is 45.0 Å². The van der Waals surface area contributed by atoms with Crippen LogP contribution in [0.5, 0.6) is 0 Å². The minimum Gasteiger partial charge on any atom is -0.325 e. The molecule has 2 unspecified atom stereocenters. The molecule has 0 spiro atoms. The van der Waals surface area contributed by atoms with E-state index >= 15 is 0 Å². The second kappa shape index (κ2) is 5.65. The highest BCUT2D eigenvalue weighted by Gasteiger charge is 2.73. The minimum atomic E-state index is -0.676. The number of benzene rings is 2. The van der Waals surface area contributed by atoms with Crippen molar-refractivity contribution in [2.24, 2.45) is 5.41 Å². The molecule has 1 fully saturated rings. The van der Waals surface area contributed by atoms with Gasteiger partial charge >= 0.3 is 0 Å².